The third-order valence-corrected chi connectivity index (χ3v) is 10.4. The maximum Gasteiger partial charge on any atom is 0.306 e. The second kappa shape index (κ2) is 10.7. The highest BCUT2D eigenvalue weighted by Gasteiger charge is 2.68. The lowest BCUT2D eigenvalue weighted by atomic mass is 9.46. The van der Waals surface area contributed by atoms with Crippen LogP contribution in [0.25, 0.3) is 0 Å². The van der Waals surface area contributed by atoms with Gasteiger partial charge in [-0.15, -0.1) is 0 Å². The van der Waals surface area contributed by atoms with Crippen molar-refractivity contribution in [2.24, 2.45) is 28.6 Å². The SMILES string of the molecule is C[C@]12CCC(=O)C=C1CC[C@H]1[C@H]2C(=O)C[C@@]2(C)[C@H]1CC[C@]2(O)C(=O)COC(=O)CCC(=O)NCc1cccnc1. The number of allylic oxidation sites excluding steroid dienone is 1. The standard InChI is InChI=1S/C31H38N2O7/c1-29-11-9-21(34)14-20(29)5-6-22-23-10-12-31(39,30(23,2)15-24(35)28(22)29)25(36)18-40-27(38)8-7-26(37)33-17-19-4-3-13-32-16-19/h3-4,13-14,16,22-23,28,39H,5-12,15,17-18H2,1-2H3,(H,33,37)/t22-,23+,28+,29+,30+,31+/m1/s1. The molecule has 3 saturated carbocycles. The Kier molecular flexibility index (Phi) is 7.54. The number of fused-ring (bicyclic) bond motifs is 5. The number of amides is 1. The van der Waals surface area contributed by atoms with Crippen molar-refractivity contribution >= 4 is 29.2 Å². The van der Waals surface area contributed by atoms with Crippen molar-refractivity contribution in [3.05, 3.63) is 41.7 Å². The van der Waals surface area contributed by atoms with E-state index >= 15 is 0 Å². The fourth-order valence-corrected chi connectivity index (χ4v) is 8.19. The third kappa shape index (κ3) is 4.82. The summed E-state index contributed by atoms with van der Waals surface area (Å²) in [6, 6.07) is 3.59. The quantitative estimate of drug-likeness (QED) is 0.471. The summed E-state index contributed by atoms with van der Waals surface area (Å²) >= 11 is 0. The molecule has 6 atom stereocenters. The van der Waals surface area contributed by atoms with Crippen LogP contribution < -0.4 is 5.32 Å². The van der Waals surface area contributed by atoms with Crippen molar-refractivity contribution in [1.29, 1.82) is 0 Å². The number of aliphatic hydroxyl groups is 1. The fourth-order valence-electron chi connectivity index (χ4n) is 8.19. The van der Waals surface area contributed by atoms with Crippen molar-refractivity contribution in [3.63, 3.8) is 0 Å². The van der Waals surface area contributed by atoms with Gasteiger partial charge in [0.2, 0.25) is 11.7 Å². The van der Waals surface area contributed by atoms with Gasteiger partial charge in [0.25, 0.3) is 0 Å². The number of nitrogens with one attached hydrogen (secondary N) is 1. The van der Waals surface area contributed by atoms with E-state index in [0.29, 0.717) is 25.8 Å². The summed E-state index contributed by atoms with van der Waals surface area (Å²) in [5, 5.41) is 14.5. The van der Waals surface area contributed by atoms with E-state index in [-0.39, 0.29) is 66.3 Å². The molecule has 2 N–H and O–H groups in total. The first-order valence-electron chi connectivity index (χ1n) is 14.3. The molecule has 5 rings (SSSR count). The predicted octanol–water partition coefficient (Wildman–Crippen LogP) is 3.03. The normalized spacial score (nSPS) is 34.7. The minimum Gasteiger partial charge on any atom is -0.458 e. The molecule has 1 amide bonds. The number of pyridine rings is 1. The Morgan fingerprint density at radius 1 is 1.12 bits per heavy atom. The number of carbonyl (C=O) groups is 5. The van der Waals surface area contributed by atoms with Gasteiger partial charge in [-0.3, -0.25) is 29.0 Å². The average molecular weight is 551 g/mol. The first-order valence-corrected chi connectivity index (χ1v) is 14.3. The van der Waals surface area contributed by atoms with E-state index in [1.54, 1.807) is 24.5 Å². The monoisotopic (exact) mass is 550 g/mol. The van der Waals surface area contributed by atoms with Crippen molar-refractivity contribution in [2.75, 3.05) is 6.61 Å². The van der Waals surface area contributed by atoms with Crippen LogP contribution in [0, 0.1) is 28.6 Å². The minimum absolute atomic E-state index is 0.0145. The van der Waals surface area contributed by atoms with E-state index in [1.165, 1.54) is 0 Å². The summed E-state index contributed by atoms with van der Waals surface area (Å²) in [7, 11) is 0. The third-order valence-electron chi connectivity index (χ3n) is 10.4. The highest BCUT2D eigenvalue weighted by Crippen LogP contribution is 2.66. The molecule has 0 spiro atoms. The molecule has 0 radical (unpaired) electrons. The van der Waals surface area contributed by atoms with E-state index in [9.17, 15) is 29.1 Å². The summed E-state index contributed by atoms with van der Waals surface area (Å²) in [5.41, 5.74) is -1.15. The highest BCUT2D eigenvalue weighted by atomic mass is 16.5. The van der Waals surface area contributed by atoms with Crippen LogP contribution in [0.15, 0.2) is 36.2 Å². The first-order chi connectivity index (χ1) is 19.0. The first kappa shape index (κ1) is 28.3. The van der Waals surface area contributed by atoms with Gasteiger partial charge in [-0.25, -0.2) is 0 Å². The number of esters is 1. The summed E-state index contributed by atoms with van der Waals surface area (Å²) in [6.45, 7) is 3.64. The van der Waals surface area contributed by atoms with Crippen molar-refractivity contribution in [2.45, 2.75) is 83.8 Å². The summed E-state index contributed by atoms with van der Waals surface area (Å²) < 4.78 is 5.19. The molecular weight excluding hydrogens is 512 g/mol. The van der Waals surface area contributed by atoms with E-state index in [2.05, 4.69) is 17.2 Å². The van der Waals surface area contributed by atoms with Gasteiger partial charge in [0, 0.05) is 49.5 Å². The Hall–Kier alpha value is -3.20. The number of rotatable bonds is 8. The second-order valence-electron chi connectivity index (χ2n) is 12.5. The fraction of sp³-hybridized carbons (Fsp3) is 0.613. The van der Waals surface area contributed by atoms with Gasteiger partial charge in [-0.2, -0.15) is 0 Å². The molecule has 4 aliphatic carbocycles. The van der Waals surface area contributed by atoms with Gasteiger partial charge >= 0.3 is 5.97 Å². The molecule has 0 aromatic carbocycles. The maximum atomic E-state index is 13.7. The summed E-state index contributed by atoms with van der Waals surface area (Å²) in [6.07, 6.45) is 8.28. The molecule has 0 aliphatic heterocycles. The van der Waals surface area contributed by atoms with Crippen LogP contribution in [-0.2, 0) is 35.3 Å². The Morgan fingerprint density at radius 3 is 2.67 bits per heavy atom. The Labute approximate surface area is 234 Å². The Morgan fingerprint density at radius 2 is 1.93 bits per heavy atom. The molecule has 9 heteroatoms. The van der Waals surface area contributed by atoms with Gasteiger partial charge in [0.1, 0.15) is 11.4 Å². The zero-order valence-corrected chi connectivity index (χ0v) is 23.2. The number of aromatic nitrogens is 1. The topological polar surface area (TPSA) is 140 Å². The second-order valence-corrected chi connectivity index (χ2v) is 12.5. The van der Waals surface area contributed by atoms with E-state index < -0.39 is 29.4 Å². The van der Waals surface area contributed by atoms with Crippen LogP contribution in [0.3, 0.4) is 0 Å². The number of carbonyl (C=O) groups excluding carboxylic acids is 5. The van der Waals surface area contributed by atoms with E-state index in [1.807, 2.05) is 13.0 Å². The number of ketones is 3. The molecular formula is C31H38N2O7. The molecule has 1 heterocycles. The molecule has 0 unspecified atom stereocenters. The van der Waals surface area contributed by atoms with Gasteiger partial charge in [-0.05, 0) is 67.1 Å². The van der Waals surface area contributed by atoms with Gasteiger partial charge in [-0.1, -0.05) is 25.5 Å². The molecule has 214 valence electrons. The summed E-state index contributed by atoms with van der Waals surface area (Å²) in [5.74, 6) is -1.63. The van der Waals surface area contributed by atoms with E-state index in [0.717, 1.165) is 24.0 Å². The zero-order chi connectivity index (χ0) is 28.7. The molecule has 0 bridgehead atoms. The smallest absolute Gasteiger partial charge is 0.306 e. The molecule has 1 aromatic rings. The van der Waals surface area contributed by atoms with Crippen molar-refractivity contribution in [3.8, 4) is 0 Å². The van der Waals surface area contributed by atoms with Crippen LogP contribution in [-0.4, -0.2) is 51.5 Å². The van der Waals surface area contributed by atoms with Gasteiger partial charge in [0.05, 0.1) is 6.42 Å². The van der Waals surface area contributed by atoms with Gasteiger partial charge < -0.3 is 15.2 Å². The number of nitrogens with zero attached hydrogens (tertiary/aromatic N) is 1. The lowest BCUT2D eigenvalue weighted by Crippen LogP contribution is -2.61. The largest absolute Gasteiger partial charge is 0.458 e. The summed E-state index contributed by atoms with van der Waals surface area (Å²) in [4.78, 5) is 67.5. The highest BCUT2D eigenvalue weighted by molar-refractivity contribution is 5.95. The Bertz CT molecular complexity index is 1260. The maximum absolute atomic E-state index is 13.7. The van der Waals surface area contributed by atoms with Crippen LogP contribution in [0.2, 0.25) is 0 Å². The number of hydrogen-bond donors (Lipinski definition) is 2. The number of ether oxygens (including phenoxy) is 1. The number of hydrogen-bond acceptors (Lipinski definition) is 8. The minimum atomic E-state index is -1.76. The van der Waals surface area contributed by atoms with Crippen LogP contribution in [0.5, 0.6) is 0 Å². The van der Waals surface area contributed by atoms with Crippen LogP contribution >= 0.6 is 0 Å². The average Bonchev–Trinajstić information content (AvgIpc) is 3.20. The lowest BCUT2D eigenvalue weighted by Gasteiger charge is -2.57. The molecule has 40 heavy (non-hydrogen) atoms. The molecule has 9 nitrogen and oxygen atoms in total. The zero-order valence-electron chi connectivity index (χ0n) is 23.2. The predicted molar refractivity (Wildman–Crippen MR) is 143 cm³/mol. The lowest BCUT2D eigenvalue weighted by molar-refractivity contribution is -0.173. The van der Waals surface area contributed by atoms with Crippen LogP contribution in [0.4, 0.5) is 0 Å². The molecule has 4 aliphatic rings. The van der Waals surface area contributed by atoms with Crippen LogP contribution in [0.1, 0.15) is 77.2 Å². The van der Waals surface area contributed by atoms with E-state index in [4.69, 9.17) is 4.74 Å². The Balaban J connectivity index is 1.18. The number of Topliss-reactive ketones (excluding diaryl/α,β-unsaturated/α-hetero) is 2. The van der Waals surface area contributed by atoms with Gasteiger partial charge in [0.15, 0.2) is 12.4 Å². The molecule has 0 saturated heterocycles. The van der Waals surface area contributed by atoms with Crippen molar-refractivity contribution in [1.82, 2.24) is 10.3 Å². The molecule has 3 fully saturated rings. The molecule has 1 aromatic heterocycles. The van der Waals surface area contributed by atoms with Crippen molar-refractivity contribution < 1.29 is 33.8 Å².